The first-order valence-electron chi connectivity index (χ1n) is 5.06. The van der Waals surface area contributed by atoms with E-state index in [0.29, 0.717) is 0 Å². The molecule has 1 aromatic carbocycles. The van der Waals surface area contributed by atoms with Gasteiger partial charge in [-0.05, 0) is 18.1 Å². The van der Waals surface area contributed by atoms with Crippen molar-refractivity contribution in [1.29, 1.82) is 0 Å². The van der Waals surface area contributed by atoms with Gasteiger partial charge >= 0.3 is 0 Å². The van der Waals surface area contributed by atoms with Gasteiger partial charge in [0, 0.05) is 28.1 Å². The second kappa shape index (κ2) is 5.15. The van der Waals surface area contributed by atoms with Crippen LogP contribution in [-0.2, 0) is 6.42 Å². The van der Waals surface area contributed by atoms with E-state index in [1.807, 2.05) is 6.20 Å². The Bertz CT molecular complexity index is 466. The van der Waals surface area contributed by atoms with Crippen LogP contribution in [0.3, 0.4) is 0 Å². The number of H-pyrrole nitrogens is 1. The molecule has 1 N–H and O–H groups in total. The Kier molecular flexibility index (Phi) is 3.82. The van der Waals surface area contributed by atoms with Crippen LogP contribution in [0.2, 0.25) is 0 Å². The molecular weight excluding hydrogens is 332 g/mol. The number of alkyl halides is 1. The van der Waals surface area contributed by atoms with E-state index in [9.17, 15) is 0 Å². The number of imidazole rings is 1. The maximum Gasteiger partial charge on any atom is 0.107 e. The van der Waals surface area contributed by atoms with Crippen molar-refractivity contribution in [2.75, 3.05) is 0 Å². The fourth-order valence-electron chi connectivity index (χ4n) is 1.60. The topological polar surface area (TPSA) is 28.7 Å². The van der Waals surface area contributed by atoms with E-state index >= 15 is 0 Å². The molecule has 1 aromatic heterocycles. The molecule has 1 atom stereocenters. The summed E-state index contributed by atoms with van der Waals surface area (Å²) in [4.78, 5) is 7.62. The van der Waals surface area contributed by atoms with Gasteiger partial charge in [-0.1, -0.05) is 50.1 Å². The third-order valence-corrected chi connectivity index (χ3v) is 4.39. The summed E-state index contributed by atoms with van der Waals surface area (Å²) in [5.74, 6) is 0.996. The van der Waals surface area contributed by atoms with Gasteiger partial charge in [-0.25, -0.2) is 4.98 Å². The van der Waals surface area contributed by atoms with Crippen LogP contribution in [0.25, 0.3) is 0 Å². The molecule has 0 bridgehead atoms. The minimum absolute atomic E-state index is 0.271. The van der Waals surface area contributed by atoms with E-state index in [1.165, 1.54) is 15.6 Å². The van der Waals surface area contributed by atoms with Crippen LogP contribution < -0.4 is 0 Å². The molecule has 0 fully saturated rings. The number of aromatic amines is 1. The number of hydrogen-bond donors (Lipinski definition) is 1. The smallest absolute Gasteiger partial charge is 0.107 e. The second-order valence-electron chi connectivity index (χ2n) is 3.69. The van der Waals surface area contributed by atoms with Gasteiger partial charge in [0.2, 0.25) is 0 Å². The molecule has 0 saturated heterocycles. The zero-order valence-corrected chi connectivity index (χ0v) is 12.0. The van der Waals surface area contributed by atoms with E-state index < -0.39 is 0 Å². The molecule has 0 amide bonds. The molecule has 2 aromatic rings. The van der Waals surface area contributed by atoms with Crippen LogP contribution in [-0.4, -0.2) is 9.97 Å². The SMILES string of the molecule is Cc1cccc(C(Br)Cc2ncc[nH]2)c1Br. The lowest BCUT2D eigenvalue weighted by Crippen LogP contribution is -1.99. The zero-order chi connectivity index (χ0) is 11.5. The number of rotatable bonds is 3. The predicted octanol–water partition coefficient (Wildman–Crippen LogP) is 4.16. The van der Waals surface area contributed by atoms with E-state index in [0.717, 1.165) is 12.2 Å². The number of aromatic nitrogens is 2. The summed E-state index contributed by atoms with van der Waals surface area (Å²) in [6.45, 7) is 2.10. The van der Waals surface area contributed by atoms with E-state index in [2.05, 4.69) is 67.0 Å². The molecular formula is C12H12Br2N2. The number of hydrogen-bond acceptors (Lipinski definition) is 1. The third kappa shape index (κ3) is 2.55. The van der Waals surface area contributed by atoms with Gasteiger partial charge in [-0.2, -0.15) is 0 Å². The molecule has 1 unspecified atom stereocenters. The highest BCUT2D eigenvalue weighted by molar-refractivity contribution is 9.11. The number of halogens is 2. The van der Waals surface area contributed by atoms with Crippen molar-refractivity contribution in [3.63, 3.8) is 0 Å². The van der Waals surface area contributed by atoms with Crippen molar-refractivity contribution >= 4 is 31.9 Å². The molecule has 0 saturated carbocycles. The molecule has 2 rings (SSSR count). The van der Waals surface area contributed by atoms with Gasteiger partial charge in [-0.15, -0.1) is 0 Å². The lowest BCUT2D eigenvalue weighted by atomic mass is 10.1. The Hall–Kier alpha value is -0.610. The highest BCUT2D eigenvalue weighted by atomic mass is 79.9. The average Bonchev–Trinajstić information content (AvgIpc) is 2.74. The Labute approximate surface area is 112 Å². The van der Waals surface area contributed by atoms with Crippen LogP contribution in [0.4, 0.5) is 0 Å². The van der Waals surface area contributed by atoms with Crippen LogP contribution in [0, 0.1) is 6.92 Å². The largest absolute Gasteiger partial charge is 0.349 e. The van der Waals surface area contributed by atoms with Crippen molar-refractivity contribution < 1.29 is 0 Å². The lowest BCUT2D eigenvalue weighted by molar-refractivity contribution is 0.871. The normalized spacial score (nSPS) is 12.7. The highest BCUT2D eigenvalue weighted by Crippen LogP contribution is 2.33. The average molecular weight is 344 g/mol. The van der Waals surface area contributed by atoms with E-state index in [-0.39, 0.29) is 4.83 Å². The number of nitrogens with zero attached hydrogens (tertiary/aromatic N) is 1. The van der Waals surface area contributed by atoms with Gasteiger partial charge < -0.3 is 4.98 Å². The fraction of sp³-hybridized carbons (Fsp3) is 0.250. The summed E-state index contributed by atoms with van der Waals surface area (Å²) in [6.07, 6.45) is 4.48. The van der Waals surface area contributed by atoms with Crippen molar-refractivity contribution in [1.82, 2.24) is 9.97 Å². The standard InChI is InChI=1S/C12H12Br2N2/c1-8-3-2-4-9(12(8)14)10(13)7-11-15-5-6-16-11/h2-6,10H,7H2,1H3,(H,15,16). The van der Waals surface area contributed by atoms with Gasteiger partial charge in [0.15, 0.2) is 0 Å². The summed E-state index contributed by atoms with van der Waals surface area (Å²) in [7, 11) is 0. The molecule has 2 nitrogen and oxygen atoms in total. The van der Waals surface area contributed by atoms with Crippen molar-refractivity contribution in [2.45, 2.75) is 18.2 Å². The maximum absolute atomic E-state index is 4.23. The summed E-state index contributed by atoms with van der Waals surface area (Å²) in [5.41, 5.74) is 2.51. The number of benzene rings is 1. The Morgan fingerprint density at radius 3 is 2.94 bits per heavy atom. The number of aryl methyl sites for hydroxylation is 1. The Morgan fingerprint density at radius 2 is 2.25 bits per heavy atom. The lowest BCUT2D eigenvalue weighted by Gasteiger charge is -2.12. The molecule has 0 spiro atoms. The molecule has 1 heterocycles. The quantitative estimate of drug-likeness (QED) is 0.833. The summed E-state index contributed by atoms with van der Waals surface area (Å²) < 4.78 is 1.17. The maximum atomic E-state index is 4.23. The van der Waals surface area contributed by atoms with Crippen molar-refractivity contribution in [2.24, 2.45) is 0 Å². The fourth-order valence-corrected chi connectivity index (χ4v) is 3.14. The van der Waals surface area contributed by atoms with Gasteiger partial charge in [0.25, 0.3) is 0 Å². The Balaban J connectivity index is 2.21. The second-order valence-corrected chi connectivity index (χ2v) is 5.58. The monoisotopic (exact) mass is 342 g/mol. The third-order valence-electron chi connectivity index (χ3n) is 2.49. The summed E-state index contributed by atoms with van der Waals surface area (Å²) in [6, 6.07) is 6.30. The van der Waals surface area contributed by atoms with Crippen LogP contribution >= 0.6 is 31.9 Å². The predicted molar refractivity (Wildman–Crippen MR) is 72.8 cm³/mol. The van der Waals surface area contributed by atoms with E-state index in [1.54, 1.807) is 6.20 Å². The molecule has 0 aliphatic heterocycles. The van der Waals surface area contributed by atoms with Gasteiger partial charge in [0.1, 0.15) is 5.82 Å². The first-order chi connectivity index (χ1) is 7.68. The summed E-state index contributed by atoms with van der Waals surface area (Å²) in [5, 5.41) is 0. The molecule has 84 valence electrons. The molecule has 0 radical (unpaired) electrons. The highest BCUT2D eigenvalue weighted by Gasteiger charge is 2.13. The van der Waals surface area contributed by atoms with Gasteiger partial charge in [0.05, 0.1) is 0 Å². The first kappa shape index (κ1) is 11.9. The Morgan fingerprint density at radius 1 is 1.44 bits per heavy atom. The van der Waals surface area contributed by atoms with E-state index in [4.69, 9.17) is 0 Å². The van der Waals surface area contributed by atoms with Crippen molar-refractivity contribution in [3.8, 4) is 0 Å². The van der Waals surface area contributed by atoms with Crippen LogP contribution in [0.5, 0.6) is 0 Å². The van der Waals surface area contributed by atoms with Crippen LogP contribution in [0.15, 0.2) is 35.1 Å². The first-order valence-corrected chi connectivity index (χ1v) is 6.76. The van der Waals surface area contributed by atoms with Crippen LogP contribution in [0.1, 0.15) is 21.8 Å². The zero-order valence-electron chi connectivity index (χ0n) is 8.87. The molecule has 0 aliphatic carbocycles. The molecule has 16 heavy (non-hydrogen) atoms. The minimum atomic E-state index is 0.271. The molecule has 4 heteroatoms. The number of nitrogens with one attached hydrogen (secondary N) is 1. The summed E-state index contributed by atoms with van der Waals surface area (Å²) >= 11 is 7.33. The van der Waals surface area contributed by atoms with Crippen molar-refractivity contribution in [3.05, 3.63) is 52.0 Å². The van der Waals surface area contributed by atoms with Gasteiger partial charge in [-0.3, -0.25) is 0 Å². The minimum Gasteiger partial charge on any atom is -0.349 e. The molecule has 0 aliphatic rings.